The second kappa shape index (κ2) is 9.97. The van der Waals surface area contributed by atoms with Crippen LogP contribution in [0.2, 0.25) is 0 Å². The molecule has 3 aromatic rings. The lowest BCUT2D eigenvalue weighted by Crippen LogP contribution is -2.37. The topological polar surface area (TPSA) is 82.1 Å². The first-order valence-corrected chi connectivity index (χ1v) is 14.1. The van der Waals surface area contributed by atoms with Gasteiger partial charge in [-0.15, -0.1) is 0 Å². The number of carbonyl (C=O) groups excluding carboxylic acids is 2. The van der Waals surface area contributed by atoms with E-state index in [1.165, 1.54) is 22.9 Å². The number of amides is 2. The number of phenolic OH excluding ortho intramolecular Hbond substituents is 1. The molecule has 3 heterocycles. The number of hydrogen-bond acceptors (Lipinski definition) is 5. The Morgan fingerprint density at radius 3 is 2.58 bits per heavy atom. The molecule has 3 aliphatic rings. The lowest BCUT2D eigenvalue weighted by atomic mass is 9.84. The quantitative estimate of drug-likeness (QED) is 0.319. The van der Waals surface area contributed by atoms with Crippen LogP contribution in [-0.2, 0) is 21.4 Å². The molecule has 0 radical (unpaired) electrons. The number of nitrogens with zero attached hydrogens (tertiary/aromatic N) is 2. The number of phenols is 1. The van der Waals surface area contributed by atoms with Crippen molar-refractivity contribution in [3.05, 3.63) is 71.3 Å². The standard InChI is InChI=1S/C33H37N3O4/c1-32(2,3)24-5-8-26(29(17-24)35-14-11-33(19-35)12-15-40-20-33)22-4-7-27-23(16-22)10-13-36(31(27)39)25-6-9-30(38)28(18-25)34-21-37/h4-9,16-18,21,38H,10-15,19-20H2,1-3H3,(H,34,37)/t33-/m1/s1. The van der Waals surface area contributed by atoms with E-state index in [1.54, 1.807) is 17.0 Å². The fraction of sp³-hybridized carbons (Fsp3) is 0.394. The van der Waals surface area contributed by atoms with Gasteiger partial charge in [0.25, 0.3) is 5.91 Å². The van der Waals surface area contributed by atoms with Gasteiger partial charge in [0, 0.05) is 54.2 Å². The number of fused-ring (bicyclic) bond motifs is 1. The van der Waals surface area contributed by atoms with Crippen LogP contribution in [0.3, 0.4) is 0 Å². The number of anilines is 3. The van der Waals surface area contributed by atoms with Gasteiger partial charge >= 0.3 is 0 Å². The van der Waals surface area contributed by atoms with Crippen LogP contribution in [0.1, 0.15) is 55.1 Å². The molecule has 1 spiro atoms. The molecule has 0 bridgehead atoms. The van der Waals surface area contributed by atoms with Crippen molar-refractivity contribution in [2.75, 3.05) is 48.0 Å². The van der Waals surface area contributed by atoms with Crippen LogP contribution in [0, 0.1) is 5.41 Å². The van der Waals surface area contributed by atoms with Crippen molar-refractivity contribution in [1.29, 1.82) is 0 Å². The second-order valence-corrected chi connectivity index (χ2v) is 12.5. The minimum Gasteiger partial charge on any atom is -0.506 e. The third kappa shape index (κ3) is 4.73. The van der Waals surface area contributed by atoms with E-state index in [-0.39, 0.29) is 28.2 Å². The summed E-state index contributed by atoms with van der Waals surface area (Å²) in [5, 5.41) is 12.5. The Bertz CT molecular complexity index is 1470. The summed E-state index contributed by atoms with van der Waals surface area (Å²) in [5.74, 6) is -0.121. The van der Waals surface area contributed by atoms with Crippen LogP contribution in [-0.4, -0.2) is 50.3 Å². The highest BCUT2D eigenvalue weighted by Crippen LogP contribution is 2.44. The summed E-state index contributed by atoms with van der Waals surface area (Å²) in [4.78, 5) is 28.7. The average Bonchev–Trinajstić information content (AvgIpc) is 3.59. The molecule has 0 aliphatic carbocycles. The average molecular weight is 540 g/mol. The predicted molar refractivity (Wildman–Crippen MR) is 158 cm³/mol. The number of benzene rings is 3. The highest BCUT2D eigenvalue weighted by Gasteiger charge is 2.42. The zero-order valence-corrected chi connectivity index (χ0v) is 23.5. The maximum Gasteiger partial charge on any atom is 0.258 e. The van der Waals surface area contributed by atoms with Gasteiger partial charge in [-0.25, -0.2) is 0 Å². The largest absolute Gasteiger partial charge is 0.506 e. The summed E-state index contributed by atoms with van der Waals surface area (Å²) in [5.41, 5.74) is 7.85. The Morgan fingerprint density at radius 1 is 1.00 bits per heavy atom. The molecule has 0 saturated carbocycles. The van der Waals surface area contributed by atoms with Crippen molar-refractivity contribution in [1.82, 2.24) is 0 Å². The molecule has 7 heteroatoms. The smallest absolute Gasteiger partial charge is 0.258 e. The Hall–Kier alpha value is -3.84. The molecule has 1 atom stereocenters. The Kier molecular flexibility index (Phi) is 6.57. The molecule has 6 rings (SSSR count). The molecule has 2 fully saturated rings. The normalized spacial score (nSPS) is 20.7. The first-order valence-electron chi connectivity index (χ1n) is 14.1. The van der Waals surface area contributed by atoms with Gasteiger partial charge in [0.1, 0.15) is 5.75 Å². The number of aromatic hydroxyl groups is 1. The van der Waals surface area contributed by atoms with E-state index in [4.69, 9.17) is 4.74 Å². The van der Waals surface area contributed by atoms with Crippen molar-refractivity contribution in [2.24, 2.45) is 5.41 Å². The Morgan fingerprint density at radius 2 is 1.82 bits per heavy atom. The van der Waals surface area contributed by atoms with Gasteiger partial charge in [0.05, 0.1) is 12.3 Å². The van der Waals surface area contributed by atoms with Gasteiger partial charge in [0.2, 0.25) is 6.41 Å². The van der Waals surface area contributed by atoms with Crippen LogP contribution >= 0.6 is 0 Å². The molecule has 3 aromatic carbocycles. The zero-order valence-electron chi connectivity index (χ0n) is 23.5. The first kappa shape index (κ1) is 26.4. The monoisotopic (exact) mass is 539 g/mol. The zero-order chi connectivity index (χ0) is 28.1. The van der Waals surface area contributed by atoms with E-state index in [0.717, 1.165) is 50.3 Å². The molecule has 2 amide bonds. The highest BCUT2D eigenvalue weighted by molar-refractivity contribution is 6.09. The van der Waals surface area contributed by atoms with Crippen molar-refractivity contribution in [3.8, 4) is 16.9 Å². The maximum atomic E-state index is 13.5. The summed E-state index contributed by atoms with van der Waals surface area (Å²) in [6.45, 7) is 11.0. The van der Waals surface area contributed by atoms with Gasteiger partial charge in [-0.05, 0) is 71.7 Å². The number of carbonyl (C=O) groups is 2. The van der Waals surface area contributed by atoms with Gasteiger partial charge < -0.3 is 25.0 Å². The number of rotatable bonds is 5. The first-order chi connectivity index (χ1) is 19.2. The highest BCUT2D eigenvalue weighted by atomic mass is 16.5. The number of ether oxygens (including phenoxy) is 1. The van der Waals surface area contributed by atoms with Crippen molar-refractivity contribution < 1.29 is 19.4 Å². The van der Waals surface area contributed by atoms with Crippen LogP contribution < -0.4 is 15.1 Å². The van der Waals surface area contributed by atoms with Crippen molar-refractivity contribution in [3.63, 3.8) is 0 Å². The van der Waals surface area contributed by atoms with Crippen LogP contribution in [0.5, 0.6) is 5.75 Å². The van der Waals surface area contributed by atoms with Gasteiger partial charge in [-0.3, -0.25) is 9.59 Å². The number of hydrogen-bond donors (Lipinski definition) is 2. The molecule has 3 aliphatic heterocycles. The lowest BCUT2D eigenvalue weighted by molar-refractivity contribution is -0.105. The molecule has 0 aromatic heterocycles. The van der Waals surface area contributed by atoms with E-state index < -0.39 is 0 Å². The summed E-state index contributed by atoms with van der Waals surface area (Å²) >= 11 is 0. The summed E-state index contributed by atoms with van der Waals surface area (Å²) < 4.78 is 5.80. The Balaban J connectivity index is 1.33. The van der Waals surface area contributed by atoms with E-state index in [9.17, 15) is 14.7 Å². The molecule has 7 nitrogen and oxygen atoms in total. The maximum absolute atomic E-state index is 13.5. The van der Waals surface area contributed by atoms with Gasteiger partial charge in [-0.2, -0.15) is 0 Å². The van der Waals surface area contributed by atoms with Crippen molar-refractivity contribution in [2.45, 2.75) is 45.4 Å². The van der Waals surface area contributed by atoms with E-state index in [0.29, 0.717) is 30.6 Å². The number of nitrogens with one attached hydrogen (secondary N) is 1. The summed E-state index contributed by atoms with van der Waals surface area (Å²) in [6.07, 6.45) is 3.51. The van der Waals surface area contributed by atoms with E-state index in [1.807, 2.05) is 6.07 Å². The van der Waals surface area contributed by atoms with Crippen molar-refractivity contribution >= 4 is 29.4 Å². The molecular formula is C33H37N3O4. The van der Waals surface area contributed by atoms with Gasteiger partial charge in [-0.1, -0.05) is 45.0 Å². The molecule has 2 saturated heterocycles. The molecule has 40 heavy (non-hydrogen) atoms. The third-order valence-corrected chi connectivity index (χ3v) is 8.83. The fourth-order valence-electron chi connectivity index (χ4n) is 6.39. The minimum absolute atomic E-state index is 0.0389. The minimum atomic E-state index is -0.0819. The molecular weight excluding hydrogens is 502 g/mol. The van der Waals surface area contributed by atoms with Crippen LogP contribution in [0.4, 0.5) is 17.1 Å². The summed E-state index contributed by atoms with van der Waals surface area (Å²) in [6, 6.07) is 17.9. The second-order valence-electron chi connectivity index (χ2n) is 12.5. The van der Waals surface area contributed by atoms with Crippen LogP contribution in [0.15, 0.2) is 54.6 Å². The van der Waals surface area contributed by atoms with E-state index in [2.05, 4.69) is 61.3 Å². The molecule has 208 valence electrons. The SMILES string of the molecule is CC(C)(C)c1ccc(-c2ccc3c(c2)CCN(c2ccc(O)c(NC=O)c2)C3=O)c(N2CC[C@@]3(CCOC3)C2)c1. The molecule has 0 unspecified atom stereocenters. The summed E-state index contributed by atoms with van der Waals surface area (Å²) in [7, 11) is 0. The predicted octanol–water partition coefficient (Wildman–Crippen LogP) is 5.74. The fourth-order valence-corrected chi connectivity index (χ4v) is 6.39. The third-order valence-electron chi connectivity index (χ3n) is 8.83. The van der Waals surface area contributed by atoms with E-state index >= 15 is 0 Å². The van der Waals surface area contributed by atoms with Crippen LogP contribution in [0.25, 0.3) is 11.1 Å². The Labute approximate surface area is 235 Å². The molecule has 2 N–H and O–H groups in total. The lowest BCUT2D eigenvalue weighted by Gasteiger charge is -2.30. The van der Waals surface area contributed by atoms with Gasteiger partial charge in [0.15, 0.2) is 0 Å².